The molecule has 1 aliphatic rings. The van der Waals surface area contributed by atoms with Crippen LogP contribution in [0, 0.1) is 5.82 Å². The quantitative estimate of drug-likeness (QED) is 0.426. The largest absolute Gasteiger partial charge is 0.368 e. The Morgan fingerprint density at radius 3 is 2.78 bits per heavy atom. The number of fused-ring (bicyclic) bond motifs is 1. The molecule has 4 aromatic rings. The van der Waals surface area contributed by atoms with E-state index in [1.807, 2.05) is 4.90 Å². The van der Waals surface area contributed by atoms with E-state index in [2.05, 4.69) is 27.0 Å². The molecule has 6 nitrogen and oxygen atoms in total. The molecule has 9 heteroatoms. The van der Waals surface area contributed by atoms with Crippen LogP contribution in [-0.2, 0) is 5.92 Å². The lowest BCUT2D eigenvalue weighted by Gasteiger charge is -2.37. The predicted molar refractivity (Wildman–Crippen MR) is 115 cm³/mol. The number of rotatable bonds is 4. The molecular weight excluding hydrogens is 419 g/mol. The Morgan fingerprint density at radius 2 is 2.00 bits per heavy atom. The number of aromatic nitrogens is 4. The van der Waals surface area contributed by atoms with E-state index in [1.54, 1.807) is 18.2 Å². The summed E-state index contributed by atoms with van der Waals surface area (Å²) >= 11 is 0. The molecule has 1 unspecified atom stereocenters. The molecule has 32 heavy (non-hydrogen) atoms. The van der Waals surface area contributed by atoms with Crippen molar-refractivity contribution in [3.8, 4) is 22.8 Å². The van der Waals surface area contributed by atoms with E-state index in [1.165, 1.54) is 18.5 Å². The van der Waals surface area contributed by atoms with Crippen molar-refractivity contribution in [2.45, 2.75) is 45.1 Å². The maximum absolute atomic E-state index is 14.6. The molecule has 0 amide bonds. The van der Waals surface area contributed by atoms with E-state index in [0.717, 1.165) is 32.7 Å². The number of aromatic amines is 1. The van der Waals surface area contributed by atoms with Crippen molar-refractivity contribution in [3.63, 3.8) is 0 Å². The summed E-state index contributed by atoms with van der Waals surface area (Å²) in [7, 11) is 0. The van der Waals surface area contributed by atoms with Gasteiger partial charge in [0.15, 0.2) is 5.82 Å². The summed E-state index contributed by atoms with van der Waals surface area (Å²) in [6.45, 7) is 3.70. The Labute approximate surface area is 182 Å². The van der Waals surface area contributed by atoms with Gasteiger partial charge in [0, 0.05) is 41.9 Å². The van der Waals surface area contributed by atoms with Crippen molar-refractivity contribution in [2.75, 3.05) is 11.4 Å². The first-order chi connectivity index (χ1) is 15.3. The lowest BCUT2D eigenvalue weighted by molar-refractivity contribution is 0.0179. The molecule has 1 atom stereocenters. The summed E-state index contributed by atoms with van der Waals surface area (Å²) in [6.07, 6.45) is 4.45. The summed E-state index contributed by atoms with van der Waals surface area (Å²) in [4.78, 5) is 13.1. The highest BCUT2D eigenvalue weighted by atomic mass is 19.3. The number of alkyl halides is 2. The highest BCUT2D eigenvalue weighted by molar-refractivity contribution is 5.80. The number of benzene rings is 2. The van der Waals surface area contributed by atoms with E-state index in [-0.39, 0.29) is 28.8 Å². The number of hydrogen-bond donors (Lipinski definition) is 1. The first-order valence-electron chi connectivity index (χ1n) is 10.6. The van der Waals surface area contributed by atoms with E-state index >= 15 is 0 Å². The molecule has 2 aromatic carbocycles. The standard InChI is InChI=1S/C23H22F3N5O/c1-13-5-3-4-8-31(13)19-7-6-14(9-16(19)23(2,25)26)22-29-21(30-32-22)15-10-17(24)20-18(11-15)27-12-28-20/h6-7,9-13H,3-5,8H2,1-2H3,(H,27,28). The fourth-order valence-electron chi connectivity index (χ4n) is 4.32. The smallest absolute Gasteiger partial charge is 0.272 e. The summed E-state index contributed by atoms with van der Waals surface area (Å²) in [6, 6.07) is 7.94. The van der Waals surface area contributed by atoms with Gasteiger partial charge in [-0.25, -0.2) is 18.2 Å². The van der Waals surface area contributed by atoms with Crippen LogP contribution in [0.2, 0.25) is 0 Å². The Kier molecular flexibility index (Phi) is 4.91. The molecule has 1 aliphatic heterocycles. The van der Waals surface area contributed by atoms with Crippen LogP contribution in [0.5, 0.6) is 0 Å². The molecule has 0 bridgehead atoms. The topological polar surface area (TPSA) is 70.8 Å². The summed E-state index contributed by atoms with van der Waals surface area (Å²) in [5.74, 6) is -3.30. The van der Waals surface area contributed by atoms with Crippen LogP contribution in [0.4, 0.5) is 18.9 Å². The van der Waals surface area contributed by atoms with Gasteiger partial charge in [-0.1, -0.05) is 5.16 Å². The van der Waals surface area contributed by atoms with Crippen molar-refractivity contribution in [3.05, 3.63) is 48.0 Å². The Hall–Kier alpha value is -3.36. The second-order valence-electron chi connectivity index (χ2n) is 8.34. The minimum absolute atomic E-state index is 0.0755. The van der Waals surface area contributed by atoms with Gasteiger partial charge in [0.25, 0.3) is 11.8 Å². The number of piperidine rings is 1. The van der Waals surface area contributed by atoms with Gasteiger partial charge in [-0.3, -0.25) is 0 Å². The van der Waals surface area contributed by atoms with Gasteiger partial charge in [-0.2, -0.15) is 4.98 Å². The summed E-state index contributed by atoms with van der Waals surface area (Å²) in [5, 5.41) is 3.93. The Balaban J connectivity index is 1.53. The van der Waals surface area contributed by atoms with Crippen LogP contribution < -0.4 is 4.90 Å². The van der Waals surface area contributed by atoms with Gasteiger partial charge in [0.05, 0.1) is 11.8 Å². The molecule has 1 saturated heterocycles. The van der Waals surface area contributed by atoms with Crippen LogP contribution >= 0.6 is 0 Å². The number of nitrogens with zero attached hydrogens (tertiary/aromatic N) is 4. The molecule has 166 valence electrons. The molecule has 1 N–H and O–H groups in total. The molecule has 5 rings (SSSR count). The fraction of sp³-hybridized carbons (Fsp3) is 0.348. The second kappa shape index (κ2) is 7.65. The number of H-pyrrole nitrogens is 1. The van der Waals surface area contributed by atoms with Crippen LogP contribution in [0.3, 0.4) is 0 Å². The van der Waals surface area contributed by atoms with Gasteiger partial charge in [0.1, 0.15) is 5.52 Å². The van der Waals surface area contributed by atoms with Crippen LogP contribution in [0.25, 0.3) is 33.9 Å². The van der Waals surface area contributed by atoms with Gasteiger partial charge < -0.3 is 14.4 Å². The van der Waals surface area contributed by atoms with E-state index in [4.69, 9.17) is 4.52 Å². The van der Waals surface area contributed by atoms with Crippen molar-refractivity contribution >= 4 is 16.7 Å². The third-order valence-corrected chi connectivity index (χ3v) is 5.99. The van der Waals surface area contributed by atoms with Crippen molar-refractivity contribution in [2.24, 2.45) is 0 Å². The Morgan fingerprint density at radius 1 is 1.16 bits per heavy atom. The molecule has 2 aromatic heterocycles. The average molecular weight is 441 g/mol. The zero-order chi connectivity index (χ0) is 22.5. The van der Waals surface area contributed by atoms with Crippen molar-refractivity contribution in [1.82, 2.24) is 20.1 Å². The second-order valence-corrected chi connectivity index (χ2v) is 8.34. The SMILES string of the molecule is CC1CCCCN1c1ccc(-c2nc(-c3cc(F)c4nc[nH]c4c3)no2)cc1C(C)(F)F. The highest BCUT2D eigenvalue weighted by Gasteiger charge is 2.32. The zero-order valence-electron chi connectivity index (χ0n) is 17.7. The van der Waals surface area contributed by atoms with Crippen molar-refractivity contribution < 1.29 is 17.7 Å². The van der Waals surface area contributed by atoms with Crippen LogP contribution in [0.1, 0.15) is 38.7 Å². The molecule has 0 saturated carbocycles. The third kappa shape index (κ3) is 3.61. The molecule has 0 radical (unpaired) electrons. The van der Waals surface area contributed by atoms with Crippen molar-refractivity contribution in [1.29, 1.82) is 0 Å². The molecular formula is C23H22F3N5O. The number of nitrogens with one attached hydrogen (secondary N) is 1. The third-order valence-electron chi connectivity index (χ3n) is 5.99. The predicted octanol–water partition coefficient (Wildman–Crippen LogP) is 5.91. The van der Waals surface area contributed by atoms with Gasteiger partial charge in [0.2, 0.25) is 5.82 Å². The van der Waals surface area contributed by atoms with Gasteiger partial charge in [-0.15, -0.1) is 0 Å². The van der Waals surface area contributed by atoms with Gasteiger partial charge in [-0.05, 0) is 56.5 Å². The molecule has 3 heterocycles. The monoisotopic (exact) mass is 441 g/mol. The maximum Gasteiger partial charge on any atom is 0.272 e. The summed E-state index contributed by atoms with van der Waals surface area (Å²) < 4.78 is 48.8. The minimum Gasteiger partial charge on any atom is -0.368 e. The number of anilines is 1. The average Bonchev–Trinajstić information content (AvgIpc) is 3.43. The molecule has 0 spiro atoms. The first-order valence-corrected chi connectivity index (χ1v) is 10.6. The van der Waals surface area contributed by atoms with Crippen LogP contribution in [0.15, 0.2) is 41.2 Å². The highest BCUT2D eigenvalue weighted by Crippen LogP contribution is 2.40. The fourth-order valence-corrected chi connectivity index (χ4v) is 4.32. The van der Waals surface area contributed by atoms with Gasteiger partial charge >= 0.3 is 0 Å². The lowest BCUT2D eigenvalue weighted by Crippen LogP contribution is -2.38. The maximum atomic E-state index is 14.6. The molecule has 0 aliphatic carbocycles. The number of imidazole rings is 1. The Bertz CT molecular complexity index is 1280. The van der Waals surface area contributed by atoms with E-state index < -0.39 is 11.7 Å². The minimum atomic E-state index is -3.04. The van der Waals surface area contributed by atoms with Crippen LogP contribution in [-0.4, -0.2) is 32.7 Å². The lowest BCUT2D eigenvalue weighted by atomic mass is 9.97. The first kappa shape index (κ1) is 20.5. The van der Waals surface area contributed by atoms with E-state index in [0.29, 0.717) is 22.3 Å². The normalized spacial score (nSPS) is 17.3. The molecule has 1 fully saturated rings. The van der Waals surface area contributed by atoms with E-state index in [9.17, 15) is 13.2 Å². The summed E-state index contributed by atoms with van der Waals surface area (Å²) in [5.41, 5.74) is 1.95. The number of hydrogen-bond acceptors (Lipinski definition) is 5. The number of halogens is 3. The zero-order valence-corrected chi connectivity index (χ0v) is 17.7.